The first kappa shape index (κ1) is 29.3. The molecule has 210 valence electrons. The summed E-state index contributed by atoms with van der Waals surface area (Å²) in [5.74, 6) is 1.54. The Kier molecular flexibility index (Phi) is 9.54. The van der Waals surface area contributed by atoms with Gasteiger partial charge in [0, 0.05) is 5.02 Å². The van der Waals surface area contributed by atoms with E-state index in [0.29, 0.717) is 30.2 Å². The molecule has 1 aliphatic heterocycles. The monoisotopic (exact) mass is 556 g/mol. The van der Waals surface area contributed by atoms with Crippen LogP contribution in [0.4, 0.5) is 0 Å². The van der Waals surface area contributed by atoms with Gasteiger partial charge in [0.2, 0.25) is 0 Å². The lowest BCUT2D eigenvalue weighted by Gasteiger charge is -2.40. The molecule has 4 N–H and O–H groups in total. The summed E-state index contributed by atoms with van der Waals surface area (Å²) < 4.78 is 17.3. The zero-order valence-corrected chi connectivity index (χ0v) is 23.2. The number of aliphatic hydroxyl groups is 4. The molecule has 5 atom stereocenters. The minimum absolute atomic E-state index is 0.103. The van der Waals surface area contributed by atoms with Gasteiger partial charge in [-0.05, 0) is 64.4 Å². The second-order valence-corrected chi connectivity index (χ2v) is 11.3. The molecule has 0 spiro atoms. The van der Waals surface area contributed by atoms with Crippen LogP contribution in [0.15, 0.2) is 66.7 Å². The van der Waals surface area contributed by atoms with Gasteiger partial charge in [-0.1, -0.05) is 68.8 Å². The summed E-state index contributed by atoms with van der Waals surface area (Å²) >= 11 is 6.45. The quantitative estimate of drug-likeness (QED) is 0.292. The van der Waals surface area contributed by atoms with Crippen LogP contribution in [0.2, 0.25) is 5.02 Å². The second kappa shape index (κ2) is 12.7. The number of hydrogen-bond donors (Lipinski definition) is 4. The maximum atomic E-state index is 10.5. The van der Waals surface area contributed by atoms with Crippen LogP contribution >= 0.6 is 11.6 Å². The van der Waals surface area contributed by atoms with Crippen LogP contribution in [-0.4, -0.2) is 64.7 Å². The molecule has 0 amide bonds. The second-order valence-electron chi connectivity index (χ2n) is 10.9. The molecule has 0 radical (unpaired) electrons. The van der Waals surface area contributed by atoms with Gasteiger partial charge in [0.1, 0.15) is 55.2 Å². The van der Waals surface area contributed by atoms with E-state index < -0.39 is 37.1 Å². The maximum Gasteiger partial charge on any atom is 0.122 e. The van der Waals surface area contributed by atoms with E-state index in [1.807, 2.05) is 42.5 Å². The predicted molar refractivity (Wildman–Crippen MR) is 150 cm³/mol. The third-order valence-corrected chi connectivity index (χ3v) is 7.32. The smallest absolute Gasteiger partial charge is 0.122 e. The number of aliphatic hydroxyl groups excluding tert-OH is 4. The molecule has 8 heteroatoms. The molecule has 0 bridgehead atoms. The Morgan fingerprint density at radius 3 is 1.95 bits per heavy atom. The molecule has 39 heavy (non-hydrogen) atoms. The van der Waals surface area contributed by atoms with E-state index in [1.165, 1.54) is 5.56 Å². The molecular formula is C31H37ClO7. The van der Waals surface area contributed by atoms with Crippen LogP contribution in [0.25, 0.3) is 0 Å². The van der Waals surface area contributed by atoms with Crippen molar-refractivity contribution >= 4 is 11.6 Å². The van der Waals surface area contributed by atoms with Crippen LogP contribution < -0.4 is 9.47 Å². The summed E-state index contributed by atoms with van der Waals surface area (Å²) in [4.78, 5) is 0. The predicted octanol–water partition coefficient (Wildman–Crippen LogP) is 4.20. The van der Waals surface area contributed by atoms with Crippen molar-refractivity contribution in [1.29, 1.82) is 0 Å². The van der Waals surface area contributed by atoms with Gasteiger partial charge in [-0.15, -0.1) is 0 Å². The highest BCUT2D eigenvalue weighted by atomic mass is 35.5. The molecule has 0 unspecified atom stereocenters. The van der Waals surface area contributed by atoms with E-state index in [-0.39, 0.29) is 5.41 Å². The number of halogens is 1. The standard InChI is InChI=1S/C31H37ClO7/c1-31(2,3)22-7-11-24(12-8-22)38-15-14-37-23-9-4-19(5-10-23)16-21-17-20(6-13-25(21)32)30-29(36)28(35)27(34)26(18-33)39-30/h4-13,17,26-30,33-36H,14-16,18H2,1-3H3/t26-,27-,28+,29-,30+/m1/s1. The fourth-order valence-electron chi connectivity index (χ4n) is 4.58. The number of benzene rings is 3. The summed E-state index contributed by atoms with van der Waals surface area (Å²) in [6.07, 6.45) is -5.55. The highest BCUT2D eigenvalue weighted by Crippen LogP contribution is 2.34. The Hall–Kier alpha value is -2.65. The van der Waals surface area contributed by atoms with Crippen LogP contribution in [0.1, 0.15) is 49.1 Å². The molecule has 7 nitrogen and oxygen atoms in total. The lowest BCUT2D eigenvalue weighted by atomic mass is 9.87. The first-order valence-corrected chi connectivity index (χ1v) is 13.5. The summed E-state index contributed by atoms with van der Waals surface area (Å²) in [7, 11) is 0. The minimum Gasteiger partial charge on any atom is -0.490 e. The average Bonchev–Trinajstić information content (AvgIpc) is 2.92. The van der Waals surface area contributed by atoms with Crippen LogP contribution in [0, 0.1) is 0 Å². The Morgan fingerprint density at radius 1 is 0.795 bits per heavy atom. The van der Waals surface area contributed by atoms with Gasteiger partial charge in [-0.25, -0.2) is 0 Å². The third kappa shape index (κ3) is 7.31. The molecule has 0 saturated carbocycles. The van der Waals surface area contributed by atoms with Gasteiger partial charge in [0.25, 0.3) is 0 Å². The van der Waals surface area contributed by atoms with Gasteiger partial charge >= 0.3 is 0 Å². The van der Waals surface area contributed by atoms with Crippen molar-refractivity contribution in [1.82, 2.24) is 0 Å². The summed E-state index contributed by atoms with van der Waals surface area (Å²) in [5, 5.41) is 40.7. The largest absolute Gasteiger partial charge is 0.490 e. The fraction of sp³-hybridized carbons (Fsp3) is 0.419. The molecule has 1 heterocycles. The van der Waals surface area contributed by atoms with E-state index in [4.69, 9.17) is 25.8 Å². The summed E-state index contributed by atoms with van der Waals surface area (Å²) in [6.45, 7) is 6.89. The lowest BCUT2D eigenvalue weighted by Crippen LogP contribution is -2.55. The van der Waals surface area contributed by atoms with Gasteiger partial charge in [-0.2, -0.15) is 0 Å². The molecule has 0 aliphatic carbocycles. The SMILES string of the molecule is CC(C)(C)c1ccc(OCCOc2ccc(Cc3cc([C@@H]4O[C@H](CO)[C@@H](O)[C@H](O)[C@H]4O)ccc3Cl)cc2)cc1. The Morgan fingerprint density at radius 2 is 1.38 bits per heavy atom. The van der Waals surface area contributed by atoms with Gasteiger partial charge in [0.15, 0.2) is 0 Å². The fourth-order valence-corrected chi connectivity index (χ4v) is 4.76. The highest BCUT2D eigenvalue weighted by Gasteiger charge is 2.44. The van der Waals surface area contributed by atoms with Crippen molar-refractivity contribution in [2.24, 2.45) is 0 Å². The highest BCUT2D eigenvalue weighted by molar-refractivity contribution is 6.31. The van der Waals surface area contributed by atoms with Crippen molar-refractivity contribution in [3.05, 3.63) is 94.0 Å². The molecular weight excluding hydrogens is 520 g/mol. The summed E-state index contributed by atoms with van der Waals surface area (Å²) in [6, 6.07) is 21.0. The Labute approximate surface area is 234 Å². The van der Waals surface area contributed by atoms with Crippen molar-refractivity contribution in [2.75, 3.05) is 19.8 Å². The molecule has 3 aromatic carbocycles. The third-order valence-electron chi connectivity index (χ3n) is 6.95. The van der Waals surface area contributed by atoms with E-state index in [1.54, 1.807) is 12.1 Å². The van der Waals surface area contributed by atoms with Crippen molar-refractivity contribution in [2.45, 2.75) is 63.1 Å². The molecule has 4 rings (SSSR count). The molecule has 1 aliphatic rings. The first-order valence-electron chi connectivity index (χ1n) is 13.1. The molecule has 3 aromatic rings. The molecule has 0 aromatic heterocycles. The zero-order chi connectivity index (χ0) is 28.2. The van der Waals surface area contributed by atoms with Crippen LogP contribution in [-0.2, 0) is 16.6 Å². The van der Waals surface area contributed by atoms with E-state index in [0.717, 1.165) is 22.6 Å². The molecule has 1 fully saturated rings. The van der Waals surface area contributed by atoms with Gasteiger partial charge in [-0.3, -0.25) is 0 Å². The lowest BCUT2D eigenvalue weighted by molar-refractivity contribution is -0.231. The Bertz CT molecular complexity index is 1210. The van der Waals surface area contributed by atoms with Crippen LogP contribution in [0.5, 0.6) is 11.5 Å². The van der Waals surface area contributed by atoms with E-state index in [9.17, 15) is 20.4 Å². The molecule has 1 saturated heterocycles. The van der Waals surface area contributed by atoms with Crippen molar-refractivity contribution < 1.29 is 34.6 Å². The van der Waals surface area contributed by atoms with E-state index >= 15 is 0 Å². The zero-order valence-electron chi connectivity index (χ0n) is 22.5. The number of rotatable bonds is 9. The van der Waals surface area contributed by atoms with Crippen molar-refractivity contribution in [3.63, 3.8) is 0 Å². The topological polar surface area (TPSA) is 109 Å². The average molecular weight is 557 g/mol. The summed E-state index contributed by atoms with van der Waals surface area (Å²) in [5.41, 5.74) is 3.77. The van der Waals surface area contributed by atoms with Gasteiger partial charge in [0.05, 0.1) is 6.61 Å². The number of hydrogen-bond acceptors (Lipinski definition) is 7. The number of ether oxygens (including phenoxy) is 3. The van der Waals surface area contributed by atoms with Crippen molar-refractivity contribution in [3.8, 4) is 11.5 Å². The Balaban J connectivity index is 1.32. The maximum absolute atomic E-state index is 10.5. The normalized spacial score (nSPS) is 23.4. The van der Waals surface area contributed by atoms with Gasteiger partial charge < -0.3 is 34.6 Å². The minimum atomic E-state index is -1.44. The van der Waals surface area contributed by atoms with Crippen LogP contribution in [0.3, 0.4) is 0 Å². The first-order chi connectivity index (χ1) is 18.6. The van der Waals surface area contributed by atoms with E-state index in [2.05, 4.69) is 32.9 Å².